The number of nitrogens with zero attached hydrogens (tertiary/aromatic N) is 3. The van der Waals surface area contributed by atoms with Crippen LogP contribution in [0.5, 0.6) is 5.75 Å². The van der Waals surface area contributed by atoms with Gasteiger partial charge in [0.1, 0.15) is 11.6 Å². The molecule has 0 aliphatic rings. The minimum absolute atomic E-state index is 0.00437. The van der Waals surface area contributed by atoms with Gasteiger partial charge < -0.3 is 25.2 Å². The molecule has 40 heavy (non-hydrogen) atoms. The highest BCUT2D eigenvalue weighted by atomic mass is 16.5. The van der Waals surface area contributed by atoms with E-state index in [4.69, 9.17) is 24.5 Å². The molecule has 0 aliphatic carbocycles. The number of hydrogen-bond acceptors (Lipinski definition) is 8. The molecule has 12 nitrogen and oxygen atoms in total. The molecule has 1 heterocycles. The van der Waals surface area contributed by atoms with Gasteiger partial charge in [0.05, 0.1) is 6.61 Å². The lowest BCUT2D eigenvalue weighted by molar-refractivity contribution is -0.159. The number of ether oxygens (including phenoxy) is 1. The van der Waals surface area contributed by atoms with Crippen molar-refractivity contribution < 1.29 is 29.3 Å². The number of rotatable bonds is 12. The molecule has 214 valence electrons. The van der Waals surface area contributed by atoms with Crippen LogP contribution in [0.25, 0.3) is 0 Å². The van der Waals surface area contributed by atoms with Gasteiger partial charge in [0.25, 0.3) is 5.56 Å². The summed E-state index contributed by atoms with van der Waals surface area (Å²) in [5.41, 5.74) is 0.628. The van der Waals surface area contributed by atoms with Crippen LogP contribution in [0.4, 0.5) is 5.82 Å². The van der Waals surface area contributed by atoms with Gasteiger partial charge in [-0.15, -0.1) is 0 Å². The fourth-order valence-corrected chi connectivity index (χ4v) is 3.61. The first kappa shape index (κ1) is 31.5. The van der Waals surface area contributed by atoms with E-state index in [1.165, 1.54) is 17.7 Å². The first-order chi connectivity index (χ1) is 19.0. The second-order valence-corrected chi connectivity index (χ2v) is 8.66. The van der Waals surface area contributed by atoms with Crippen LogP contribution in [0, 0.1) is 0 Å². The minimum atomic E-state index is -1.82. The Balaban J connectivity index is 0.000000840. The lowest BCUT2D eigenvalue weighted by atomic mass is 10.0. The number of aliphatic carboxylic acids is 2. The zero-order valence-corrected chi connectivity index (χ0v) is 22.7. The molecular formula is C28H34N4O8. The third-order valence-corrected chi connectivity index (χ3v) is 5.93. The summed E-state index contributed by atoms with van der Waals surface area (Å²) in [4.78, 5) is 56.8. The average Bonchev–Trinajstić information content (AvgIpc) is 2.96. The van der Waals surface area contributed by atoms with Gasteiger partial charge in [-0.1, -0.05) is 37.3 Å². The number of carboxylic acid groups (broad SMARTS) is 2. The summed E-state index contributed by atoms with van der Waals surface area (Å²) in [5.74, 6) is -2.40. The van der Waals surface area contributed by atoms with Crippen molar-refractivity contribution in [3.8, 4) is 5.75 Å². The lowest BCUT2D eigenvalue weighted by Gasteiger charge is -2.21. The molecule has 3 rings (SSSR count). The fourth-order valence-electron chi connectivity index (χ4n) is 3.61. The summed E-state index contributed by atoms with van der Waals surface area (Å²) in [6.07, 6.45) is 0.850. The van der Waals surface area contributed by atoms with Gasteiger partial charge in [0.2, 0.25) is 0 Å². The van der Waals surface area contributed by atoms with Crippen molar-refractivity contribution in [1.82, 2.24) is 14.0 Å². The molecule has 3 aromatic rings. The van der Waals surface area contributed by atoms with Crippen LogP contribution in [0.2, 0.25) is 0 Å². The molecule has 0 atom stereocenters. The molecule has 0 radical (unpaired) electrons. The molecule has 1 aromatic heterocycles. The normalized spacial score (nSPS) is 10.4. The average molecular weight is 555 g/mol. The van der Waals surface area contributed by atoms with Crippen LogP contribution in [0.1, 0.15) is 29.3 Å². The van der Waals surface area contributed by atoms with Crippen molar-refractivity contribution in [3.63, 3.8) is 0 Å². The monoisotopic (exact) mass is 554 g/mol. The number of carbonyl (C=O) groups is 3. The molecule has 0 spiro atoms. The van der Waals surface area contributed by atoms with Crippen molar-refractivity contribution in [3.05, 3.63) is 92.6 Å². The number of carbonyl (C=O) groups excluding carboxylic acids is 1. The number of nitrogens with one attached hydrogen (secondary N) is 1. The number of aromatic nitrogens is 2. The second kappa shape index (κ2) is 15.6. The number of hydrogen-bond donors (Lipinski definition) is 3. The summed E-state index contributed by atoms with van der Waals surface area (Å²) in [5, 5.41) is 18.0. The van der Waals surface area contributed by atoms with Crippen molar-refractivity contribution in [2.75, 3.05) is 38.1 Å². The Morgan fingerprint density at radius 2 is 1.48 bits per heavy atom. The predicted octanol–water partition coefficient (Wildman–Crippen LogP) is 1.67. The maximum Gasteiger partial charge on any atom is 0.414 e. The van der Waals surface area contributed by atoms with Gasteiger partial charge in [-0.2, -0.15) is 0 Å². The molecule has 0 saturated carbocycles. The number of carboxylic acids is 2. The molecule has 0 fully saturated rings. The van der Waals surface area contributed by atoms with Crippen LogP contribution in [0.3, 0.4) is 0 Å². The third kappa shape index (κ3) is 9.55. The van der Waals surface area contributed by atoms with E-state index in [9.17, 15) is 14.4 Å². The van der Waals surface area contributed by atoms with Gasteiger partial charge in [-0.3, -0.25) is 18.7 Å². The zero-order valence-electron chi connectivity index (χ0n) is 22.7. The quantitative estimate of drug-likeness (QED) is 0.171. The van der Waals surface area contributed by atoms with E-state index in [0.717, 1.165) is 36.4 Å². The Kier molecular flexibility index (Phi) is 12.3. The molecular weight excluding hydrogens is 520 g/mol. The van der Waals surface area contributed by atoms with Crippen LogP contribution >= 0.6 is 0 Å². The predicted molar refractivity (Wildman–Crippen MR) is 149 cm³/mol. The van der Waals surface area contributed by atoms with Crippen molar-refractivity contribution >= 4 is 23.5 Å². The first-order valence-electron chi connectivity index (χ1n) is 12.6. The molecule has 0 saturated heterocycles. The van der Waals surface area contributed by atoms with Crippen LogP contribution in [0.15, 0.2) is 70.3 Å². The summed E-state index contributed by atoms with van der Waals surface area (Å²) < 4.78 is 8.36. The maximum absolute atomic E-state index is 12.5. The minimum Gasteiger partial charge on any atom is -0.494 e. The smallest absolute Gasteiger partial charge is 0.414 e. The highest BCUT2D eigenvalue weighted by molar-refractivity contribution is 6.27. The molecule has 12 heteroatoms. The summed E-state index contributed by atoms with van der Waals surface area (Å²) >= 11 is 0. The number of benzene rings is 2. The van der Waals surface area contributed by atoms with Crippen molar-refractivity contribution in [2.45, 2.75) is 13.3 Å². The van der Waals surface area contributed by atoms with Gasteiger partial charge in [-0.05, 0) is 37.2 Å². The van der Waals surface area contributed by atoms with E-state index in [2.05, 4.69) is 17.1 Å². The second-order valence-electron chi connectivity index (χ2n) is 8.66. The van der Waals surface area contributed by atoms with E-state index in [1.807, 2.05) is 42.5 Å². The largest absolute Gasteiger partial charge is 0.494 e. The first-order valence-corrected chi connectivity index (χ1v) is 12.6. The third-order valence-electron chi connectivity index (χ3n) is 5.93. The van der Waals surface area contributed by atoms with Crippen LogP contribution < -0.4 is 21.3 Å². The van der Waals surface area contributed by atoms with E-state index >= 15 is 0 Å². The van der Waals surface area contributed by atoms with Gasteiger partial charge in [-0.25, -0.2) is 14.4 Å². The Labute approximate surface area is 231 Å². The summed E-state index contributed by atoms with van der Waals surface area (Å²) in [6, 6.07) is 17.9. The SMILES string of the molecule is CCN(CCCOc1ccc(C(=O)c2ccccc2)cc1)CCNc1cc(=O)n(C)c(=O)n1C.O=C(O)C(=O)O. The standard InChI is InChI=1S/C26H32N4O4.C2H2O4/c1-4-30(17-15-27-23-19-24(31)29(3)26(33)28(23)2)16-8-18-34-22-13-11-21(12-14-22)25(32)20-9-6-5-7-10-20;3-1(4)2(5)6/h5-7,9-14,19,27H,4,8,15-18H2,1-3H3;(H,3,4)(H,5,6). The topological polar surface area (TPSA) is 160 Å². The summed E-state index contributed by atoms with van der Waals surface area (Å²) in [6.45, 7) is 5.80. The van der Waals surface area contributed by atoms with Crippen molar-refractivity contribution in [2.24, 2.45) is 14.1 Å². The van der Waals surface area contributed by atoms with E-state index in [-0.39, 0.29) is 17.0 Å². The van der Waals surface area contributed by atoms with Crippen LogP contribution in [-0.2, 0) is 23.7 Å². The maximum atomic E-state index is 12.5. The number of ketones is 1. The van der Waals surface area contributed by atoms with Gasteiger partial charge in [0, 0.05) is 50.9 Å². The molecule has 0 bridgehead atoms. The number of likely N-dealkylation sites (N-methyl/N-ethyl adjacent to an activating group) is 1. The van der Waals surface area contributed by atoms with Gasteiger partial charge >= 0.3 is 17.6 Å². The molecule has 0 unspecified atom stereocenters. The molecule has 0 amide bonds. The Hall–Kier alpha value is -4.71. The van der Waals surface area contributed by atoms with E-state index < -0.39 is 11.9 Å². The lowest BCUT2D eigenvalue weighted by Crippen LogP contribution is -2.38. The molecule has 0 aliphatic heterocycles. The van der Waals surface area contributed by atoms with Crippen LogP contribution in [-0.4, -0.2) is 74.8 Å². The highest BCUT2D eigenvalue weighted by Gasteiger charge is 2.09. The van der Waals surface area contributed by atoms with E-state index in [1.54, 1.807) is 19.2 Å². The number of anilines is 1. The molecule has 2 aromatic carbocycles. The van der Waals surface area contributed by atoms with Crippen molar-refractivity contribution in [1.29, 1.82) is 0 Å². The molecule has 3 N–H and O–H groups in total. The Bertz CT molecular complexity index is 1390. The zero-order chi connectivity index (χ0) is 29.7. The Morgan fingerprint density at radius 3 is 2.05 bits per heavy atom. The summed E-state index contributed by atoms with van der Waals surface area (Å²) in [7, 11) is 3.11. The van der Waals surface area contributed by atoms with Gasteiger partial charge in [0.15, 0.2) is 5.78 Å². The Morgan fingerprint density at radius 1 is 0.875 bits per heavy atom. The fraction of sp³-hybridized carbons (Fsp3) is 0.321. The highest BCUT2D eigenvalue weighted by Crippen LogP contribution is 2.15. The van der Waals surface area contributed by atoms with E-state index in [0.29, 0.717) is 30.1 Å².